The highest BCUT2D eigenvalue weighted by molar-refractivity contribution is 14.1. The number of halogens is 2. The maximum atomic E-state index is 11.4. The van der Waals surface area contributed by atoms with Gasteiger partial charge in [-0.1, -0.05) is 0 Å². The van der Waals surface area contributed by atoms with Crippen LogP contribution in [0.5, 0.6) is 5.75 Å². The van der Waals surface area contributed by atoms with Crippen molar-refractivity contribution in [1.29, 1.82) is 0 Å². The average molecular weight is 461 g/mol. The van der Waals surface area contributed by atoms with Crippen LogP contribution in [0.3, 0.4) is 0 Å². The summed E-state index contributed by atoms with van der Waals surface area (Å²) in [7, 11) is 0. The number of carbonyl (C=O) groups excluding carboxylic acids is 1. The van der Waals surface area contributed by atoms with E-state index >= 15 is 0 Å². The highest BCUT2D eigenvalue weighted by atomic mass is 127. The molecule has 0 amide bonds. The minimum atomic E-state index is -0.741. The van der Waals surface area contributed by atoms with E-state index in [0.29, 0.717) is 12.2 Å². The molecule has 0 saturated heterocycles. The molecule has 1 rings (SSSR count). The number of nitrogens with two attached hydrogens (primary N) is 1. The lowest BCUT2D eigenvalue weighted by molar-refractivity contribution is -0.144. The highest BCUT2D eigenvalue weighted by Crippen LogP contribution is 2.27. The molecule has 1 aromatic rings. The minimum Gasteiger partial charge on any atom is -0.507 e. The number of esters is 1. The first-order valence-corrected chi connectivity index (χ1v) is 7.20. The third kappa shape index (κ3) is 4.25. The van der Waals surface area contributed by atoms with E-state index < -0.39 is 12.0 Å². The fourth-order valence-corrected chi connectivity index (χ4v) is 3.31. The molecule has 1 unspecified atom stereocenters. The number of carbonyl (C=O) groups is 1. The monoisotopic (exact) mass is 461 g/mol. The van der Waals surface area contributed by atoms with E-state index in [1.54, 1.807) is 6.92 Å². The Morgan fingerprint density at radius 3 is 2.76 bits per heavy atom. The van der Waals surface area contributed by atoms with E-state index in [0.717, 1.165) is 7.14 Å². The summed E-state index contributed by atoms with van der Waals surface area (Å²) in [5.74, 6) is -0.258. The average Bonchev–Trinajstić information content (AvgIpc) is 2.25. The molecule has 0 aliphatic rings. The smallest absolute Gasteiger partial charge is 0.323 e. The Bertz CT molecular complexity index is 423. The lowest BCUT2D eigenvalue weighted by atomic mass is 10.1. The minimum absolute atomic E-state index is 0.186. The Morgan fingerprint density at radius 2 is 2.18 bits per heavy atom. The van der Waals surface area contributed by atoms with Gasteiger partial charge in [-0.2, -0.15) is 0 Å². The Balaban J connectivity index is 2.84. The molecule has 1 aromatic carbocycles. The van der Waals surface area contributed by atoms with Crippen LogP contribution < -0.4 is 5.73 Å². The predicted molar refractivity (Wildman–Crippen MR) is 81.9 cm³/mol. The number of ether oxygens (including phenoxy) is 1. The Hall–Kier alpha value is -0.0900. The summed E-state index contributed by atoms with van der Waals surface area (Å²) in [5, 5.41) is 9.86. The number of phenols is 1. The van der Waals surface area contributed by atoms with Gasteiger partial charge >= 0.3 is 5.97 Å². The number of rotatable bonds is 4. The van der Waals surface area contributed by atoms with Crippen molar-refractivity contribution in [3.05, 3.63) is 24.8 Å². The van der Waals surface area contributed by atoms with E-state index in [2.05, 4.69) is 22.6 Å². The Kier molecular flexibility index (Phi) is 5.93. The van der Waals surface area contributed by atoms with Crippen LogP contribution in [0.2, 0.25) is 0 Å². The van der Waals surface area contributed by atoms with Crippen LogP contribution in [0.4, 0.5) is 0 Å². The highest BCUT2D eigenvalue weighted by Gasteiger charge is 2.18. The molecule has 17 heavy (non-hydrogen) atoms. The van der Waals surface area contributed by atoms with Gasteiger partial charge in [-0.15, -0.1) is 0 Å². The summed E-state index contributed by atoms with van der Waals surface area (Å²) in [6.07, 6.45) is 0.275. The number of phenolic OH excluding ortho intramolecular Hbond substituents is 1. The summed E-state index contributed by atoms with van der Waals surface area (Å²) in [4.78, 5) is 11.4. The van der Waals surface area contributed by atoms with Gasteiger partial charge in [0.1, 0.15) is 11.8 Å². The molecule has 3 N–H and O–H groups in total. The lowest BCUT2D eigenvalue weighted by Crippen LogP contribution is -2.34. The fourth-order valence-electron chi connectivity index (χ4n) is 1.34. The van der Waals surface area contributed by atoms with Crippen molar-refractivity contribution in [2.75, 3.05) is 6.61 Å². The standard InChI is InChI=1S/C11H13I2NO3/c1-2-17-11(16)9(14)4-6-3-7(12)5-8(13)10(6)15/h3,5,9,15H,2,4,14H2,1H3. The van der Waals surface area contributed by atoms with E-state index in [-0.39, 0.29) is 12.2 Å². The van der Waals surface area contributed by atoms with Crippen molar-refractivity contribution >= 4 is 51.2 Å². The molecule has 0 heterocycles. The summed E-state index contributed by atoms with van der Waals surface area (Å²) >= 11 is 4.20. The van der Waals surface area contributed by atoms with Crippen LogP contribution in [0.15, 0.2) is 12.1 Å². The van der Waals surface area contributed by atoms with Crippen LogP contribution in [0.1, 0.15) is 12.5 Å². The maximum absolute atomic E-state index is 11.4. The summed E-state index contributed by atoms with van der Waals surface area (Å²) in [5.41, 5.74) is 6.38. The van der Waals surface area contributed by atoms with Crippen molar-refractivity contribution in [1.82, 2.24) is 0 Å². The van der Waals surface area contributed by atoms with E-state index in [9.17, 15) is 9.90 Å². The largest absolute Gasteiger partial charge is 0.507 e. The first kappa shape index (κ1) is 15.0. The van der Waals surface area contributed by atoms with Gasteiger partial charge in [0.15, 0.2) is 0 Å². The van der Waals surface area contributed by atoms with Crippen LogP contribution >= 0.6 is 45.2 Å². The zero-order chi connectivity index (χ0) is 13.0. The van der Waals surface area contributed by atoms with Gasteiger partial charge in [-0.05, 0) is 69.8 Å². The van der Waals surface area contributed by atoms with Crippen molar-refractivity contribution in [2.24, 2.45) is 5.73 Å². The van der Waals surface area contributed by atoms with Crippen molar-refractivity contribution < 1.29 is 14.6 Å². The molecule has 6 heteroatoms. The van der Waals surface area contributed by atoms with Crippen LogP contribution in [-0.4, -0.2) is 23.7 Å². The molecular weight excluding hydrogens is 448 g/mol. The maximum Gasteiger partial charge on any atom is 0.323 e. The second-order valence-electron chi connectivity index (χ2n) is 3.46. The van der Waals surface area contributed by atoms with Gasteiger partial charge in [-0.25, -0.2) is 0 Å². The normalized spacial score (nSPS) is 12.2. The van der Waals surface area contributed by atoms with Crippen molar-refractivity contribution in [3.63, 3.8) is 0 Å². The van der Waals surface area contributed by atoms with Crippen LogP contribution in [0.25, 0.3) is 0 Å². The van der Waals surface area contributed by atoms with Gasteiger partial charge in [0.2, 0.25) is 0 Å². The fraction of sp³-hybridized carbons (Fsp3) is 0.364. The van der Waals surface area contributed by atoms with Gasteiger partial charge < -0.3 is 15.6 Å². The molecule has 0 fully saturated rings. The van der Waals surface area contributed by atoms with E-state index in [1.165, 1.54) is 0 Å². The topological polar surface area (TPSA) is 72.5 Å². The molecule has 0 saturated carbocycles. The van der Waals surface area contributed by atoms with E-state index in [4.69, 9.17) is 10.5 Å². The van der Waals surface area contributed by atoms with Gasteiger partial charge in [0.25, 0.3) is 0 Å². The zero-order valence-corrected chi connectivity index (χ0v) is 13.6. The SMILES string of the molecule is CCOC(=O)C(N)Cc1cc(I)cc(I)c1O. The van der Waals surface area contributed by atoms with Gasteiger partial charge in [-0.3, -0.25) is 4.79 Å². The number of hydrogen-bond donors (Lipinski definition) is 2. The summed E-state index contributed by atoms with van der Waals surface area (Å²) < 4.78 is 6.57. The quantitative estimate of drug-likeness (QED) is 0.532. The first-order valence-electron chi connectivity index (χ1n) is 5.04. The molecule has 0 bridgehead atoms. The van der Waals surface area contributed by atoms with Crippen LogP contribution in [0, 0.1) is 7.14 Å². The van der Waals surface area contributed by atoms with Crippen LogP contribution in [-0.2, 0) is 16.0 Å². The molecule has 0 aliphatic heterocycles. The molecule has 0 aliphatic carbocycles. The third-order valence-electron chi connectivity index (χ3n) is 2.14. The molecule has 0 aromatic heterocycles. The molecule has 0 spiro atoms. The molecule has 0 radical (unpaired) electrons. The Labute approximate surface area is 127 Å². The first-order chi connectivity index (χ1) is 7.95. The third-order valence-corrected chi connectivity index (χ3v) is 3.58. The van der Waals surface area contributed by atoms with E-state index in [1.807, 2.05) is 34.7 Å². The molecular formula is C11H13I2NO3. The lowest BCUT2D eigenvalue weighted by Gasteiger charge is -2.12. The molecule has 1 atom stereocenters. The number of hydrogen-bond acceptors (Lipinski definition) is 4. The van der Waals surface area contributed by atoms with Gasteiger partial charge in [0, 0.05) is 9.99 Å². The molecule has 94 valence electrons. The number of benzene rings is 1. The second-order valence-corrected chi connectivity index (χ2v) is 5.87. The van der Waals surface area contributed by atoms with Gasteiger partial charge in [0.05, 0.1) is 10.2 Å². The van der Waals surface area contributed by atoms with Crippen molar-refractivity contribution in [2.45, 2.75) is 19.4 Å². The number of aromatic hydroxyl groups is 1. The molecule has 4 nitrogen and oxygen atoms in total. The zero-order valence-electron chi connectivity index (χ0n) is 9.24. The van der Waals surface area contributed by atoms with Crippen molar-refractivity contribution in [3.8, 4) is 5.75 Å². The summed E-state index contributed by atoms with van der Waals surface area (Å²) in [6, 6.07) is 2.93. The second kappa shape index (κ2) is 6.74. The summed E-state index contributed by atoms with van der Waals surface area (Å²) in [6.45, 7) is 2.04. The predicted octanol–water partition coefficient (Wildman–Crippen LogP) is 2.03. The Morgan fingerprint density at radius 1 is 1.53 bits per heavy atom.